The Labute approximate surface area is 156 Å². The van der Waals surface area contributed by atoms with Crippen molar-refractivity contribution in [2.24, 2.45) is 5.92 Å². The third-order valence-corrected chi connectivity index (χ3v) is 7.39. The van der Waals surface area contributed by atoms with Crippen molar-refractivity contribution in [1.29, 1.82) is 0 Å². The zero-order valence-corrected chi connectivity index (χ0v) is 15.8. The molecule has 1 aliphatic carbocycles. The summed E-state index contributed by atoms with van der Waals surface area (Å²) in [6.45, 7) is 2.27. The van der Waals surface area contributed by atoms with E-state index in [0.717, 1.165) is 36.4 Å². The number of nitrogens with one attached hydrogen (secondary N) is 1. The molecule has 2 aromatic carbocycles. The van der Waals surface area contributed by atoms with Crippen molar-refractivity contribution >= 4 is 10.0 Å². The van der Waals surface area contributed by atoms with Crippen LogP contribution < -0.4 is 5.32 Å². The summed E-state index contributed by atoms with van der Waals surface area (Å²) in [5, 5.41) is 3.61. The molecule has 0 atom stereocenters. The summed E-state index contributed by atoms with van der Waals surface area (Å²) in [4.78, 5) is 0.413. The number of hydrogen-bond donors (Lipinski definition) is 1. The average Bonchev–Trinajstić information content (AvgIpc) is 3.52. The summed E-state index contributed by atoms with van der Waals surface area (Å²) in [6.07, 6.45) is 4.46. The van der Waals surface area contributed by atoms with Crippen LogP contribution in [0.5, 0.6) is 0 Å². The molecule has 0 unspecified atom stereocenters. The Bertz CT molecular complexity index is 839. The first-order chi connectivity index (χ1) is 12.6. The van der Waals surface area contributed by atoms with E-state index < -0.39 is 10.0 Å². The highest BCUT2D eigenvalue weighted by atomic mass is 32.2. The van der Waals surface area contributed by atoms with Gasteiger partial charge < -0.3 is 5.32 Å². The lowest BCUT2D eigenvalue weighted by molar-refractivity contribution is 0.288. The number of sulfonamides is 1. The predicted octanol–water partition coefficient (Wildman–Crippen LogP) is 3.51. The summed E-state index contributed by atoms with van der Waals surface area (Å²) in [7, 11) is -3.48. The first kappa shape index (κ1) is 17.7. The largest absolute Gasteiger partial charge is 0.314 e. The van der Waals surface area contributed by atoms with Gasteiger partial charge in [-0.15, -0.1) is 0 Å². The van der Waals surface area contributed by atoms with Crippen LogP contribution in [0.15, 0.2) is 59.5 Å². The third kappa shape index (κ3) is 3.85. The highest BCUT2D eigenvalue weighted by Gasteiger charge is 2.31. The van der Waals surface area contributed by atoms with Gasteiger partial charge in [0.25, 0.3) is 0 Å². The fourth-order valence-electron chi connectivity index (χ4n) is 3.64. The van der Waals surface area contributed by atoms with Crippen LogP contribution in [0.3, 0.4) is 0 Å². The van der Waals surface area contributed by atoms with Crippen molar-refractivity contribution in [1.82, 2.24) is 9.62 Å². The highest BCUT2D eigenvalue weighted by Crippen LogP contribution is 2.31. The van der Waals surface area contributed by atoms with Crippen molar-refractivity contribution in [3.8, 4) is 11.1 Å². The summed E-state index contributed by atoms with van der Waals surface area (Å²) < 4.78 is 28.2. The third-order valence-electron chi connectivity index (χ3n) is 5.44. The second kappa shape index (κ2) is 7.51. The molecule has 5 heteroatoms. The molecule has 1 saturated carbocycles. The van der Waals surface area contributed by atoms with Crippen LogP contribution >= 0.6 is 0 Å². The summed E-state index contributed by atoms with van der Waals surface area (Å²) in [5.41, 5.74) is 1.72. The van der Waals surface area contributed by atoms with Crippen LogP contribution in [0, 0.1) is 5.92 Å². The van der Waals surface area contributed by atoms with E-state index in [1.165, 1.54) is 12.8 Å². The van der Waals surface area contributed by atoms with Crippen molar-refractivity contribution in [2.45, 2.75) is 36.6 Å². The molecule has 2 aromatic rings. The molecule has 138 valence electrons. The van der Waals surface area contributed by atoms with Gasteiger partial charge in [0.05, 0.1) is 4.90 Å². The molecule has 2 fully saturated rings. The summed E-state index contributed by atoms with van der Waals surface area (Å²) >= 11 is 0. The molecule has 0 amide bonds. The highest BCUT2D eigenvalue weighted by molar-refractivity contribution is 7.89. The normalized spacial score (nSPS) is 19.5. The molecule has 1 aliphatic heterocycles. The predicted molar refractivity (Wildman–Crippen MR) is 104 cm³/mol. The van der Waals surface area contributed by atoms with Crippen LogP contribution in [-0.4, -0.2) is 38.4 Å². The molecule has 26 heavy (non-hydrogen) atoms. The molecule has 4 nitrogen and oxygen atoms in total. The van der Waals surface area contributed by atoms with Crippen molar-refractivity contribution < 1.29 is 8.42 Å². The Morgan fingerprint density at radius 2 is 1.54 bits per heavy atom. The Morgan fingerprint density at radius 1 is 0.885 bits per heavy atom. The van der Waals surface area contributed by atoms with Crippen LogP contribution in [0.25, 0.3) is 11.1 Å². The molecule has 1 heterocycles. The van der Waals surface area contributed by atoms with E-state index >= 15 is 0 Å². The molecule has 4 rings (SSSR count). The summed E-state index contributed by atoms with van der Waals surface area (Å²) in [5.74, 6) is 0.856. The molecular weight excluding hydrogens is 344 g/mol. The molecule has 1 N–H and O–H groups in total. The van der Waals surface area contributed by atoms with Gasteiger partial charge in [-0.25, -0.2) is 8.42 Å². The number of rotatable bonds is 6. The SMILES string of the molecule is O=S(=O)(c1ccccc1-c1ccccc1)N1CCC(NCC2CC2)CC1. The minimum atomic E-state index is -3.48. The van der Waals surface area contributed by atoms with Gasteiger partial charge in [0.15, 0.2) is 0 Å². The molecule has 0 spiro atoms. The molecule has 0 radical (unpaired) electrons. The van der Waals surface area contributed by atoms with Gasteiger partial charge in [0, 0.05) is 24.7 Å². The van der Waals surface area contributed by atoms with Crippen LogP contribution in [0.2, 0.25) is 0 Å². The van der Waals surface area contributed by atoms with Gasteiger partial charge >= 0.3 is 0 Å². The first-order valence-corrected chi connectivity index (χ1v) is 11.0. The van der Waals surface area contributed by atoms with Gasteiger partial charge in [-0.1, -0.05) is 48.5 Å². The van der Waals surface area contributed by atoms with Gasteiger partial charge in [0.2, 0.25) is 10.0 Å². The zero-order valence-electron chi connectivity index (χ0n) is 15.0. The van der Waals surface area contributed by atoms with Gasteiger partial charge in [-0.2, -0.15) is 4.31 Å². The van der Waals surface area contributed by atoms with Gasteiger partial charge in [0.1, 0.15) is 0 Å². The van der Waals surface area contributed by atoms with Gasteiger partial charge in [-0.3, -0.25) is 0 Å². The lowest BCUT2D eigenvalue weighted by atomic mass is 10.1. The lowest BCUT2D eigenvalue weighted by Crippen LogP contribution is -2.45. The van der Waals surface area contributed by atoms with E-state index in [0.29, 0.717) is 24.0 Å². The first-order valence-electron chi connectivity index (χ1n) is 9.52. The fourth-order valence-corrected chi connectivity index (χ4v) is 5.33. The molecule has 2 aliphatic rings. The van der Waals surface area contributed by atoms with Crippen molar-refractivity contribution in [3.05, 3.63) is 54.6 Å². The Kier molecular flexibility index (Phi) is 5.11. The average molecular weight is 371 g/mol. The number of nitrogens with zero attached hydrogens (tertiary/aromatic N) is 1. The van der Waals surface area contributed by atoms with E-state index in [1.807, 2.05) is 48.5 Å². The van der Waals surface area contributed by atoms with Crippen LogP contribution in [0.1, 0.15) is 25.7 Å². The number of benzene rings is 2. The van der Waals surface area contributed by atoms with Crippen molar-refractivity contribution in [2.75, 3.05) is 19.6 Å². The minimum Gasteiger partial charge on any atom is -0.314 e. The standard InChI is InChI=1S/C21H26N2O2S/c24-26(25,23-14-12-19(13-15-23)22-16-17-10-11-17)21-9-5-4-8-20(21)18-6-2-1-3-7-18/h1-9,17,19,22H,10-16H2. The van der Waals surface area contributed by atoms with E-state index in [-0.39, 0.29) is 0 Å². The maximum Gasteiger partial charge on any atom is 0.243 e. The molecule has 0 bridgehead atoms. The Hall–Kier alpha value is -1.69. The minimum absolute atomic E-state index is 0.413. The van der Waals surface area contributed by atoms with E-state index in [1.54, 1.807) is 10.4 Å². The maximum absolute atomic E-state index is 13.3. The van der Waals surface area contributed by atoms with Crippen LogP contribution in [-0.2, 0) is 10.0 Å². The fraction of sp³-hybridized carbons (Fsp3) is 0.429. The second-order valence-corrected chi connectivity index (χ2v) is 9.30. The molecule has 0 aromatic heterocycles. The zero-order chi connectivity index (χ0) is 18.0. The number of piperidine rings is 1. The molecular formula is C21H26N2O2S. The second-order valence-electron chi connectivity index (χ2n) is 7.39. The topological polar surface area (TPSA) is 49.4 Å². The Morgan fingerprint density at radius 3 is 2.23 bits per heavy atom. The number of hydrogen-bond acceptors (Lipinski definition) is 3. The Balaban J connectivity index is 1.51. The van der Waals surface area contributed by atoms with E-state index in [2.05, 4.69) is 5.32 Å². The maximum atomic E-state index is 13.3. The van der Waals surface area contributed by atoms with Crippen LogP contribution in [0.4, 0.5) is 0 Å². The van der Waals surface area contributed by atoms with Crippen molar-refractivity contribution in [3.63, 3.8) is 0 Å². The summed E-state index contributed by atoms with van der Waals surface area (Å²) in [6, 6.07) is 17.5. The van der Waals surface area contributed by atoms with E-state index in [9.17, 15) is 8.42 Å². The monoisotopic (exact) mass is 370 g/mol. The van der Waals surface area contributed by atoms with E-state index in [4.69, 9.17) is 0 Å². The molecule has 1 saturated heterocycles. The van der Waals surface area contributed by atoms with Gasteiger partial charge in [-0.05, 0) is 49.8 Å². The quantitative estimate of drug-likeness (QED) is 0.847. The lowest BCUT2D eigenvalue weighted by Gasteiger charge is -2.32. The smallest absolute Gasteiger partial charge is 0.243 e.